The molecule has 250 valence electrons. The average molecular weight is 670 g/mol. The topological polar surface area (TPSA) is 9.72 Å². The molecule has 0 aliphatic carbocycles. The summed E-state index contributed by atoms with van der Waals surface area (Å²) in [5, 5.41) is 0. The van der Waals surface area contributed by atoms with Crippen LogP contribution in [0.25, 0.3) is 22.3 Å². The molecule has 3 nitrogen and oxygen atoms in total. The third-order valence-electron chi connectivity index (χ3n) is 9.44. The molecule has 0 saturated carbocycles. The van der Waals surface area contributed by atoms with E-state index in [9.17, 15) is 0 Å². The van der Waals surface area contributed by atoms with E-state index in [-0.39, 0.29) is 0 Å². The number of nitrogens with zero attached hydrogens (tertiary/aromatic N) is 3. The van der Waals surface area contributed by atoms with Crippen molar-refractivity contribution in [3.05, 3.63) is 218 Å². The number of para-hydroxylation sites is 2. The maximum Gasteiger partial charge on any atom is 0.0467 e. The van der Waals surface area contributed by atoms with E-state index < -0.39 is 0 Å². The Morgan fingerprint density at radius 1 is 0.231 bits per heavy atom. The molecule has 0 atom stereocenters. The van der Waals surface area contributed by atoms with Gasteiger partial charge < -0.3 is 14.7 Å². The first kappa shape index (κ1) is 32.4. The van der Waals surface area contributed by atoms with Gasteiger partial charge in [-0.05, 0) is 119 Å². The first-order valence-electron chi connectivity index (χ1n) is 17.7. The molecule has 0 N–H and O–H groups in total. The normalized spacial score (nSPS) is 10.8. The number of rotatable bonds is 10. The second-order valence-corrected chi connectivity index (χ2v) is 12.8. The Labute approximate surface area is 306 Å². The van der Waals surface area contributed by atoms with Crippen molar-refractivity contribution in [1.82, 2.24) is 0 Å². The minimum atomic E-state index is 1.10. The number of hydrogen-bond donors (Lipinski definition) is 0. The maximum atomic E-state index is 2.32. The van der Waals surface area contributed by atoms with Crippen molar-refractivity contribution < 1.29 is 0 Å². The standard InChI is InChI=1S/C49H39N3/c1-50(42-28-32-46(33-29-42)51(44-22-10-4-11-23-44)48-26-14-20-40(36-48)38-16-6-2-7-17-38)43-30-34-47(35-31-43)52(45-24-12-5-13-25-45)49-27-15-21-41(37-49)39-18-8-3-9-19-39/h2-37H,1H3. The zero-order valence-corrected chi connectivity index (χ0v) is 29.1. The van der Waals surface area contributed by atoms with Gasteiger partial charge in [-0.1, -0.05) is 121 Å². The number of hydrogen-bond acceptors (Lipinski definition) is 3. The van der Waals surface area contributed by atoms with Gasteiger partial charge >= 0.3 is 0 Å². The summed E-state index contributed by atoms with van der Waals surface area (Å²) in [6, 6.07) is 77.4. The Bertz CT molecular complexity index is 2170. The molecule has 0 spiro atoms. The molecule has 0 bridgehead atoms. The van der Waals surface area contributed by atoms with Crippen molar-refractivity contribution in [2.24, 2.45) is 0 Å². The minimum Gasteiger partial charge on any atom is -0.345 e. The predicted molar refractivity (Wildman–Crippen MR) is 221 cm³/mol. The van der Waals surface area contributed by atoms with Crippen LogP contribution in [0, 0.1) is 0 Å². The lowest BCUT2D eigenvalue weighted by Crippen LogP contribution is -2.13. The molecule has 0 radical (unpaired) electrons. The summed E-state index contributed by atoms with van der Waals surface area (Å²) in [4.78, 5) is 6.87. The average Bonchev–Trinajstić information content (AvgIpc) is 3.23. The summed E-state index contributed by atoms with van der Waals surface area (Å²) in [6.07, 6.45) is 0. The van der Waals surface area contributed by atoms with Crippen LogP contribution >= 0.6 is 0 Å². The summed E-state index contributed by atoms with van der Waals surface area (Å²) < 4.78 is 0. The molecule has 3 heteroatoms. The Balaban J connectivity index is 1.08. The first-order chi connectivity index (χ1) is 25.7. The molecule has 8 aromatic rings. The van der Waals surface area contributed by atoms with E-state index >= 15 is 0 Å². The smallest absolute Gasteiger partial charge is 0.0467 e. The van der Waals surface area contributed by atoms with E-state index in [1.807, 2.05) is 0 Å². The summed E-state index contributed by atoms with van der Waals surface area (Å²) in [6.45, 7) is 0. The molecule has 0 aliphatic rings. The van der Waals surface area contributed by atoms with Gasteiger partial charge in [0.15, 0.2) is 0 Å². The molecule has 0 heterocycles. The van der Waals surface area contributed by atoms with Crippen molar-refractivity contribution in [2.75, 3.05) is 21.7 Å². The van der Waals surface area contributed by atoms with Crippen LogP contribution in [-0.4, -0.2) is 7.05 Å². The second kappa shape index (κ2) is 15.0. The lowest BCUT2D eigenvalue weighted by Gasteiger charge is -2.28. The van der Waals surface area contributed by atoms with Gasteiger partial charge in [-0.3, -0.25) is 0 Å². The van der Waals surface area contributed by atoms with Gasteiger partial charge in [0, 0.05) is 52.5 Å². The van der Waals surface area contributed by atoms with Crippen molar-refractivity contribution >= 4 is 45.5 Å². The van der Waals surface area contributed by atoms with E-state index in [2.05, 4.69) is 240 Å². The molecular weight excluding hydrogens is 631 g/mol. The van der Waals surface area contributed by atoms with E-state index in [1.54, 1.807) is 0 Å². The molecule has 0 fully saturated rings. The highest BCUT2D eigenvalue weighted by Gasteiger charge is 2.16. The third-order valence-corrected chi connectivity index (χ3v) is 9.44. The third kappa shape index (κ3) is 6.94. The number of benzene rings is 8. The van der Waals surface area contributed by atoms with Crippen molar-refractivity contribution in [2.45, 2.75) is 0 Å². The van der Waals surface area contributed by atoms with E-state index in [1.165, 1.54) is 22.3 Å². The van der Waals surface area contributed by atoms with Crippen LogP contribution in [0.15, 0.2) is 218 Å². The van der Waals surface area contributed by atoms with Crippen LogP contribution < -0.4 is 14.7 Å². The summed E-state index contributed by atoms with van der Waals surface area (Å²) in [5.74, 6) is 0. The lowest BCUT2D eigenvalue weighted by atomic mass is 10.0. The predicted octanol–water partition coefficient (Wildman–Crippen LogP) is 13.7. The van der Waals surface area contributed by atoms with Crippen LogP contribution in [0.5, 0.6) is 0 Å². The van der Waals surface area contributed by atoms with Gasteiger partial charge in [-0.25, -0.2) is 0 Å². The summed E-state index contributed by atoms with van der Waals surface area (Å²) in [5.41, 5.74) is 13.6. The molecule has 8 aromatic carbocycles. The van der Waals surface area contributed by atoms with Crippen LogP contribution in [0.2, 0.25) is 0 Å². The van der Waals surface area contributed by atoms with Gasteiger partial charge in [0.1, 0.15) is 0 Å². The quantitative estimate of drug-likeness (QED) is 0.143. The Hall–Kier alpha value is -6.84. The van der Waals surface area contributed by atoms with Crippen LogP contribution in [0.1, 0.15) is 0 Å². The molecule has 0 aromatic heterocycles. The zero-order chi connectivity index (χ0) is 35.1. The van der Waals surface area contributed by atoms with Crippen molar-refractivity contribution in [1.29, 1.82) is 0 Å². The highest BCUT2D eigenvalue weighted by atomic mass is 15.2. The van der Waals surface area contributed by atoms with Crippen molar-refractivity contribution in [3.8, 4) is 22.3 Å². The SMILES string of the molecule is CN(c1ccc(N(c2ccccc2)c2cccc(-c3ccccc3)c2)cc1)c1ccc(N(c2ccccc2)c2cccc(-c3ccccc3)c2)cc1. The van der Waals surface area contributed by atoms with Gasteiger partial charge in [0.25, 0.3) is 0 Å². The highest BCUT2D eigenvalue weighted by Crippen LogP contribution is 2.40. The fourth-order valence-electron chi connectivity index (χ4n) is 6.76. The fourth-order valence-corrected chi connectivity index (χ4v) is 6.76. The second-order valence-electron chi connectivity index (χ2n) is 12.8. The zero-order valence-electron chi connectivity index (χ0n) is 29.1. The Morgan fingerprint density at radius 3 is 0.865 bits per heavy atom. The Morgan fingerprint density at radius 2 is 0.500 bits per heavy atom. The summed E-state index contributed by atoms with van der Waals surface area (Å²) >= 11 is 0. The molecule has 0 unspecified atom stereocenters. The van der Waals surface area contributed by atoms with Crippen molar-refractivity contribution in [3.63, 3.8) is 0 Å². The largest absolute Gasteiger partial charge is 0.345 e. The van der Waals surface area contributed by atoms with Crippen LogP contribution in [0.3, 0.4) is 0 Å². The van der Waals surface area contributed by atoms with Gasteiger partial charge in [-0.15, -0.1) is 0 Å². The van der Waals surface area contributed by atoms with Gasteiger partial charge in [-0.2, -0.15) is 0 Å². The van der Waals surface area contributed by atoms with Gasteiger partial charge in [0.2, 0.25) is 0 Å². The van der Waals surface area contributed by atoms with Crippen LogP contribution in [0.4, 0.5) is 45.5 Å². The molecule has 52 heavy (non-hydrogen) atoms. The van der Waals surface area contributed by atoms with E-state index in [4.69, 9.17) is 0 Å². The molecule has 0 amide bonds. The molecular formula is C49H39N3. The van der Waals surface area contributed by atoms with E-state index in [0.29, 0.717) is 0 Å². The minimum absolute atomic E-state index is 1.10. The number of anilines is 8. The Kier molecular flexibility index (Phi) is 9.31. The first-order valence-corrected chi connectivity index (χ1v) is 17.7. The van der Waals surface area contributed by atoms with Gasteiger partial charge in [0.05, 0.1) is 0 Å². The lowest BCUT2D eigenvalue weighted by molar-refractivity contribution is 1.20. The monoisotopic (exact) mass is 669 g/mol. The maximum absolute atomic E-state index is 2.32. The molecule has 0 saturated heterocycles. The molecule has 0 aliphatic heterocycles. The summed E-state index contributed by atoms with van der Waals surface area (Å²) in [7, 11) is 2.13. The van der Waals surface area contributed by atoms with Crippen LogP contribution in [-0.2, 0) is 0 Å². The highest BCUT2D eigenvalue weighted by molar-refractivity contribution is 5.83. The molecule has 8 rings (SSSR count). The fraction of sp³-hybridized carbons (Fsp3) is 0.0204. The van der Waals surface area contributed by atoms with E-state index in [0.717, 1.165) is 45.5 Å².